The number of nitrogens with one attached hydrogen (secondary N) is 5. The molecule has 0 fully saturated rings. The number of nitrogens with zero attached hydrogens (tertiary/aromatic N) is 8. The number of unbranched alkanes of at least 4 members (excludes halogenated alkanes) is 2. The van der Waals surface area contributed by atoms with Crippen molar-refractivity contribution in [3.63, 3.8) is 0 Å². The first-order valence-electron chi connectivity index (χ1n) is 42.9. The normalized spacial score (nSPS) is 13.0. The number of amides is 5. The van der Waals surface area contributed by atoms with Crippen LogP contribution in [0.15, 0.2) is 97.1 Å². The molecule has 31 nitrogen and oxygen atoms in total. The third-order valence-electron chi connectivity index (χ3n) is 19.8. The third-order valence-corrected chi connectivity index (χ3v) is 19.8. The van der Waals surface area contributed by atoms with Crippen LogP contribution in [-0.4, -0.2) is 240 Å². The summed E-state index contributed by atoms with van der Waals surface area (Å²) in [7, 11) is 3.25. The quantitative estimate of drug-likeness (QED) is 0.0221. The van der Waals surface area contributed by atoms with E-state index in [1.807, 2.05) is 139 Å². The molecule has 122 heavy (non-hydrogen) atoms. The molecule has 6 aromatic rings. The van der Waals surface area contributed by atoms with Gasteiger partial charge in [0.05, 0.1) is 154 Å². The van der Waals surface area contributed by atoms with E-state index in [1.165, 1.54) is 0 Å². The number of hydrogen-bond acceptors (Lipinski definition) is 24. The number of Topliss-reactive ketones (excluding diaryl/α,β-unsaturated/α-hetero) is 3. The number of benzene rings is 4. The van der Waals surface area contributed by atoms with Crippen LogP contribution in [0.5, 0.6) is 0 Å². The van der Waals surface area contributed by atoms with E-state index in [2.05, 4.69) is 88.8 Å². The Morgan fingerprint density at radius 2 is 0.770 bits per heavy atom. The highest BCUT2D eigenvalue weighted by atomic mass is 16.6. The first-order valence-corrected chi connectivity index (χ1v) is 42.9. The number of hydrogen-bond donors (Lipinski definition) is 5. The highest BCUT2D eigenvalue weighted by molar-refractivity contribution is 6.02. The Morgan fingerprint density at radius 1 is 0.385 bits per heavy atom. The number of anilines is 2. The molecule has 2 aromatic heterocycles. The van der Waals surface area contributed by atoms with E-state index in [4.69, 9.17) is 47.4 Å². The average molecular weight is 1700 g/mol. The standard InChI is InChI=1S/C46H68N6O9.C45H67N7O9/c1-45(2,3)43(55)38(48-46(4,5)6)19-12-13-23-47-44(56)61-26-24-52-42-37-18-10-11-20-39(37)51(33-34-15-8-9-17-36(34)41(42)49-50-52)40(54)21-14-16-35(53)22-25-58-29-30-60-32-31-59-28-27-57-7;1-44(2,3)42(55)36(48-45(4,5)6)17-12-13-21-47-43(56)61-25-23-52-41-34-15-9-8-14-33(34)32-51(37-18-11-10-16-35(37)40(41)49-50-52)39(54)19-22-46-38(53)20-24-58-28-29-60-31-30-59-27-26-57-7/h8-11,15,17-18,20,38,48H,12-14,16,19,21-33H2,1-7H3,(H,47,56);8-11,14-16,18,36,48H,12-13,17,19-32H2,1-7H3,(H,46,53)(H,47,56). The second-order valence-corrected chi connectivity index (χ2v) is 34.2. The van der Waals surface area contributed by atoms with Crippen LogP contribution in [0.2, 0.25) is 0 Å². The number of carbonyl (C=O) groups excluding carboxylic acids is 8. The van der Waals surface area contributed by atoms with E-state index >= 15 is 0 Å². The first kappa shape index (κ1) is 99.8. The second-order valence-electron chi connectivity index (χ2n) is 34.2. The highest BCUT2D eigenvalue weighted by Crippen LogP contribution is 2.43. The van der Waals surface area contributed by atoms with Crippen molar-refractivity contribution in [2.24, 2.45) is 10.8 Å². The molecule has 5 N–H and O–H groups in total. The van der Waals surface area contributed by atoms with Crippen molar-refractivity contribution in [2.75, 3.05) is 149 Å². The molecular formula is C91H135N13O18. The molecule has 4 aromatic carbocycles. The van der Waals surface area contributed by atoms with Gasteiger partial charge in [0.2, 0.25) is 17.7 Å². The van der Waals surface area contributed by atoms with Gasteiger partial charge in [-0.05, 0) is 110 Å². The van der Waals surface area contributed by atoms with Gasteiger partial charge in [-0.1, -0.05) is 137 Å². The molecular weight excluding hydrogens is 1560 g/mol. The number of rotatable bonds is 51. The number of methoxy groups -OCH3 is 2. The van der Waals surface area contributed by atoms with Crippen molar-refractivity contribution >= 4 is 58.6 Å². The van der Waals surface area contributed by atoms with Crippen LogP contribution in [0.25, 0.3) is 45.0 Å². The van der Waals surface area contributed by atoms with E-state index in [1.54, 1.807) is 33.4 Å². The zero-order valence-corrected chi connectivity index (χ0v) is 74.6. The Balaban J connectivity index is 0.000000336. The summed E-state index contributed by atoms with van der Waals surface area (Å²) in [5.74, 6) is -0.0552. The number of para-hydroxylation sites is 2. The average Bonchev–Trinajstić information content (AvgIpc) is 1.63. The molecule has 2 unspecified atom stereocenters. The van der Waals surface area contributed by atoms with Gasteiger partial charge in [0.1, 0.15) is 30.4 Å². The van der Waals surface area contributed by atoms with Gasteiger partial charge in [-0.3, -0.25) is 28.8 Å². The minimum Gasteiger partial charge on any atom is -0.448 e. The summed E-state index contributed by atoms with van der Waals surface area (Å²) in [6, 6.07) is 30.3. The van der Waals surface area contributed by atoms with Gasteiger partial charge in [0, 0.05) is 110 Å². The lowest BCUT2D eigenvalue weighted by Gasteiger charge is -2.32. The van der Waals surface area contributed by atoms with Crippen LogP contribution in [0.1, 0.15) is 171 Å². The minimum absolute atomic E-state index is 0.0424. The van der Waals surface area contributed by atoms with Gasteiger partial charge in [-0.15, -0.1) is 10.2 Å². The zero-order chi connectivity index (χ0) is 88.5. The maximum absolute atomic E-state index is 14.0. The van der Waals surface area contributed by atoms with Crippen molar-refractivity contribution in [3.8, 4) is 45.0 Å². The van der Waals surface area contributed by atoms with Crippen LogP contribution in [0.3, 0.4) is 0 Å². The molecule has 0 saturated heterocycles. The SMILES string of the molecule is COCCOCCOCCOCCC(=O)CCCC(=O)N1Cc2ccccc2-c2nnn(CCOC(=O)NCCCCC(NC(C)(C)C)C(=O)C(C)(C)C)c2-c2ccccc21.COCCOCCOCCOCCC(=O)NCCC(=O)N1Cc2ccccc2-c2c(nnn2CCOC(=O)NCCCCC(NC(C)(C)C)C(=O)C(C)(C)C)-c2ccccc21. The van der Waals surface area contributed by atoms with E-state index in [9.17, 15) is 38.4 Å². The predicted molar refractivity (Wildman–Crippen MR) is 467 cm³/mol. The summed E-state index contributed by atoms with van der Waals surface area (Å²) < 4.78 is 57.1. The van der Waals surface area contributed by atoms with E-state index in [0.717, 1.165) is 51.9 Å². The minimum atomic E-state index is -0.534. The van der Waals surface area contributed by atoms with Crippen LogP contribution < -0.4 is 36.4 Å². The van der Waals surface area contributed by atoms with Gasteiger partial charge in [0.15, 0.2) is 11.6 Å². The summed E-state index contributed by atoms with van der Waals surface area (Å²) in [6.45, 7) is 32.3. The third kappa shape index (κ3) is 34.4. The first-order chi connectivity index (χ1) is 58.4. The Hall–Kier alpha value is -9.28. The maximum Gasteiger partial charge on any atom is 0.407 e. The predicted octanol–water partition coefficient (Wildman–Crippen LogP) is 11.9. The van der Waals surface area contributed by atoms with Crippen LogP contribution in [0.4, 0.5) is 21.0 Å². The van der Waals surface area contributed by atoms with Crippen molar-refractivity contribution in [1.82, 2.24) is 56.6 Å². The van der Waals surface area contributed by atoms with Crippen molar-refractivity contribution in [3.05, 3.63) is 108 Å². The lowest BCUT2D eigenvalue weighted by atomic mass is 9.84. The summed E-state index contributed by atoms with van der Waals surface area (Å²) in [5.41, 5.74) is 7.86. The summed E-state index contributed by atoms with van der Waals surface area (Å²) in [6.07, 6.45) is 4.65. The fourth-order valence-electron chi connectivity index (χ4n) is 13.8. The summed E-state index contributed by atoms with van der Waals surface area (Å²) in [4.78, 5) is 108. The summed E-state index contributed by atoms with van der Waals surface area (Å²) >= 11 is 0. The largest absolute Gasteiger partial charge is 0.448 e. The fraction of sp³-hybridized carbons (Fsp3) is 0.604. The Morgan fingerprint density at radius 3 is 1.24 bits per heavy atom. The molecule has 2 atom stereocenters. The van der Waals surface area contributed by atoms with Gasteiger partial charge >= 0.3 is 12.2 Å². The number of alkyl carbamates (subject to hydrolysis) is 2. The molecule has 0 saturated carbocycles. The summed E-state index contributed by atoms with van der Waals surface area (Å²) in [5, 5.41) is 33.6. The smallest absolute Gasteiger partial charge is 0.407 e. The fourth-order valence-corrected chi connectivity index (χ4v) is 13.8. The molecule has 2 aliphatic heterocycles. The van der Waals surface area contributed by atoms with E-state index < -0.39 is 23.0 Å². The molecule has 4 heterocycles. The molecule has 0 bridgehead atoms. The Labute approximate surface area is 720 Å². The lowest BCUT2D eigenvalue weighted by molar-refractivity contribution is -0.129. The van der Waals surface area contributed by atoms with Crippen molar-refractivity contribution < 1.29 is 85.7 Å². The van der Waals surface area contributed by atoms with E-state index in [-0.39, 0.29) is 136 Å². The van der Waals surface area contributed by atoms with Gasteiger partial charge in [-0.2, -0.15) is 0 Å². The topological polar surface area (TPSA) is 357 Å². The monoisotopic (exact) mass is 1700 g/mol. The number of ether oxygens (including phenoxy) is 10. The molecule has 2 aliphatic rings. The number of fused-ring (bicyclic) bond motifs is 10. The number of ketones is 3. The lowest BCUT2D eigenvalue weighted by Crippen LogP contribution is -2.50. The van der Waals surface area contributed by atoms with Gasteiger partial charge in [0.25, 0.3) is 0 Å². The number of carbonyl (C=O) groups is 8. The van der Waals surface area contributed by atoms with Crippen LogP contribution in [-0.2, 0) is 102 Å². The van der Waals surface area contributed by atoms with Crippen LogP contribution >= 0.6 is 0 Å². The van der Waals surface area contributed by atoms with Gasteiger partial charge in [-0.25, -0.2) is 19.0 Å². The molecule has 672 valence electrons. The maximum atomic E-state index is 14.0. The van der Waals surface area contributed by atoms with Gasteiger partial charge < -0.3 is 83.8 Å². The Kier molecular flexibility index (Phi) is 42.3. The molecule has 8 rings (SSSR count). The molecule has 31 heteroatoms. The molecule has 5 amide bonds. The van der Waals surface area contributed by atoms with Crippen molar-refractivity contribution in [2.45, 2.75) is 209 Å². The molecule has 0 radical (unpaired) electrons. The van der Waals surface area contributed by atoms with E-state index in [0.29, 0.717) is 166 Å². The van der Waals surface area contributed by atoms with Crippen molar-refractivity contribution in [1.29, 1.82) is 0 Å². The van der Waals surface area contributed by atoms with Crippen LogP contribution in [0, 0.1) is 10.8 Å². The molecule has 0 spiro atoms. The highest BCUT2D eigenvalue weighted by Gasteiger charge is 2.35. The number of aromatic nitrogens is 6. The second kappa shape index (κ2) is 51.7. The molecule has 0 aliphatic carbocycles. The Bertz CT molecular complexity index is 4240. The zero-order valence-electron chi connectivity index (χ0n) is 74.6.